The first-order valence-corrected chi connectivity index (χ1v) is 9.07. The van der Waals surface area contributed by atoms with Gasteiger partial charge in [-0.05, 0) is 25.7 Å². The number of aliphatic carboxylic acids is 2. The van der Waals surface area contributed by atoms with Gasteiger partial charge in [0.1, 0.15) is 0 Å². The molecule has 0 aliphatic carbocycles. The van der Waals surface area contributed by atoms with Crippen molar-refractivity contribution in [2.24, 2.45) is 0 Å². The molecule has 0 fully saturated rings. The van der Waals surface area contributed by atoms with Crippen molar-refractivity contribution in [3.8, 4) is 0 Å². The van der Waals surface area contributed by atoms with Crippen molar-refractivity contribution in [2.45, 2.75) is 75.7 Å². The molecule has 2 N–H and O–H groups in total. The first kappa shape index (κ1) is 28.5. The molecular weight excluding hydrogens is 446 g/mol. The van der Waals surface area contributed by atoms with Crippen LogP contribution in [0.3, 0.4) is 0 Å². The van der Waals surface area contributed by atoms with Gasteiger partial charge in [-0.3, -0.25) is 19.2 Å². The maximum atomic E-state index is 13.6. The van der Waals surface area contributed by atoms with Crippen molar-refractivity contribution in [3.63, 3.8) is 0 Å². The molecule has 0 aromatic rings. The quantitative estimate of drug-likeness (QED) is 0.200. The Morgan fingerprint density at radius 2 is 1.10 bits per heavy atom. The fourth-order valence-corrected chi connectivity index (χ4v) is 2.08. The molecule has 0 aromatic heterocycles. The number of carboxylic acids is 2. The highest BCUT2D eigenvalue weighted by atomic mass is 19.3. The van der Waals surface area contributed by atoms with Crippen LogP contribution in [0.1, 0.15) is 57.8 Å². The lowest BCUT2D eigenvalue weighted by molar-refractivity contribution is -0.386. The van der Waals surface area contributed by atoms with Crippen molar-refractivity contribution in [1.82, 2.24) is 0 Å². The van der Waals surface area contributed by atoms with Gasteiger partial charge in [-0.15, -0.1) is 0 Å². The Kier molecular flexibility index (Phi) is 11.3. The normalized spacial score (nSPS) is 12.3. The van der Waals surface area contributed by atoms with Gasteiger partial charge in [-0.2, -0.15) is 26.3 Å². The van der Waals surface area contributed by atoms with Crippen LogP contribution in [-0.2, 0) is 28.7 Å². The summed E-state index contributed by atoms with van der Waals surface area (Å²) in [5.41, 5.74) is 0. The lowest BCUT2D eigenvalue weighted by Crippen LogP contribution is -2.56. The van der Waals surface area contributed by atoms with Crippen LogP contribution in [0.15, 0.2) is 0 Å². The largest absolute Gasteiger partial charge is 0.481 e. The lowest BCUT2D eigenvalue weighted by atomic mass is 10.1. The monoisotopic (exact) mass is 468 g/mol. The SMILES string of the molecule is O=C(O)CCCCC(=O)OCCC(F)(F)C(F)(F)C(F)(F)OC(=O)CCCCC(=O)O. The lowest BCUT2D eigenvalue weighted by Gasteiger charge is -2.31. The molecule has 0 aliphatic heterocycles. The van der Waals surface area contributed by atoms with E-state index in [2.05, 4.69) is 9.47 Å². The van der Waals surface area contributed by atoms with Crippen molar-refractivity contribution in [1.29, 1.82) is 0 Å². The molecule has 0 rings (SSSR count). The van der Waals surface area contributed by atoms with Gasteiger partial charge in [-0.1, -0.05) is 0 Å². The number of esters is 2. The van der Waals surface area contributed by atoms with E-state index in [9.17, 15) is 45.5 Å². The molecule has 0 aliphatic rings. The topological polar surface area (TPSA) is 127 Å². The van der Waals surface area contributed by atoms with Gasteiger partial charge in [0.15, 0.2) is 0 Å². The summed E-state index contributed by atoms with van der Waals surface area (Å²) in [6.07, 6.45) is -10.2. The van der Waals surface area contributed by atoms with E-state index >= 15 is 0 Å². The molecule has 8 nitrogen and oxygen atoms in total. The summed E-state index contributed by atoms with van der Waals surface area (Å²) in [5, 5.41) is 16.8. The van der Waals surface area contributed by atoms with Crippen molar-refractivity contribution in [3.05, 3.63) is 0 Å². The van der Waals surface area contributed by atoms with Crippen molar-refractivity contribution < 1.29 is 65.2 Å². The van der Waals surface area contributed by atoms with Crippen LogP contribution in [-0.4, -0.2) is 58.7 Å². The van der Waals surface area contributed by atoms with Crippen molar-refractivity contribution >= 4 is 23.9 Å². The Labute approximate surface area is 172 Å². The number of ether oxygens (including phenoxy) is 2. The highest BCUT2D eigenvalue weighted by Crippen LogP contribution is 2.48. The predicted molar refractivity (Wildman–Crippen MR) is 88.7 cm³/mol. The zero-order valence-electron chi connectivity index (χ0n) is 16.2. The third-order valence-corrected chi connectivity index (χ3v) is 3.79. The Balaban J connectivity index is 4.60. The number of alkyl halides is 6. The Hall–Kier alpha value is -2.54. The number of carbonyl (C=O) groups is 4. The van der Waals surface area contributed by atoms with E-state index < -0.39 is 67.7 Å². The number of carboxylic acid groups (broad SMARTS) is 2. The highest BCUT2D eigenvalue weighted by Gasteiger charge is 2.74. The van der Waals surface area contributed by atoms with Crippen LogP contribution in [0.25, 0.3) is 0 Å². The van der Waals surface area contributed by atoms with Gasteiger partial charge in [0, 0.05) is 25.7 Å². The molecule has 31 heavy (non-hydrogen) atoms. The minimum atomic E-state index is -6.12. The first-order chi connectivity index (χ1) is 14.1. The summed E-state index contributed by atoms with van der Waals surface area (Å²) >= 11 is 0. The molecule has 0 amide bonds. The molecule has 0 saturated carbocycles. The second-order valence-electron chi connectivity index (χ2n) is 6.44. The van der Waals surface area contributed by atoms with Gasteiger partial charge in [0.25, 0.3) is 0 Å². The molecule has 180 valence electrons. The number of hydrogen-bond acceptors (Lipinski definition) is 6. The van der Waals surface area contributed by atoms with Gasteiger partial charge in [-0.25, -0.2) is 0 Å². The second-order valence-corrected chi connectivity index (χ2v) is 6.44. The molecule has 0 saturated heterocycles. The highest BCUT2D eigenvalue weighted by molar-refractivity contribution is 5.70. The number of halogens is 6. The van der Waals surface area contributed by atoms with Crippen LogP contribution >= 0.6 is 0 Å². The van der Waals surface area contributed by atoms with E-state index in [1.165, 1.54) is 0 Å². The van der Waals surface area contributed by atoms with Gasteiger partial charge in [0.2, 0.25) is 0 Å². The van der Waals surface area contributed by atoms with Crippen molar-refractivity contribution in [2.75, 3.05) is 6.61 Å². The van der Waals surface area contributed by atoms with Crippen LogP contribution in [0.2, 0.25) is 0 Å². The summed E-state index contributed by atoms with van der Waals surface area (Å²) in [5.74, 6) is -16.9. The van der Waals surface area contributed by atoms with E-state index in [-0.39, 0.29) is 38.5 Å². The van der Waals surface area contributed by atoms with Crippen LogP contribution in [0, 0.1) is 0 Å². The number of hydrogen-bond donors (Lipinski definition) is 2. The third kappa shape index (κ3) is 10.4. The summed E-state index contributed by atoms with van der Waals surface area (Å²) < 4.78 is 89.1. The van der Waals surface area contributed by atoms with E-state index in [0.717, 1.165) is 0 Å². The van der Waals surface area contributed by atoms with Crippen LogP contribution < -0.4 is 0 Å². The molecule has 0 aromatic carbocycles. The zero-order chi connectivity index (χ0) is 24.3. The molecular formula is C17H22F6O8. The van der Waals surface area contributed by atoms with E-state index in [0.29, 0.717) is 0 Å². The first-order valence-electron chi connectivity index (χ1n) is 9.07. The summed E-state index contributed by atoms with van der Waals surface area (Å²) in [7, 11) is 0. The fourth-order valence-electron chi connectivity index (χ4n) is 2.08. The maximum Gasteiger partial charge on any atom is 0.472 e. The number of unbranched alkanes of at least 4 members (excludes halogenated alkanes) is 2. The molecule has 14 heteroatoms. The standard InChI is InChI=1S/C17H22F6O8/c18-15(19,9-10-30-13(28)7-3-1-5-11(24)25)16(20,21)17(22,23)31-14(29)8-4-2-6-12(26)27/h1-10H2,(H,24,25)(H,26,27). The minimum absolute atomic E-state index is 0.0260. The van der Waals surface area contributed by atoms with E-state index in [1.807, 2.05) is 0 Å². The molecule has 0 bridgehead atoms. The molecule has 0 heterocycles. The summed E-state index contributed by atoms with van der Waals surface area (Å²) in [6, 6.07) is 0. The number of carbonyl (C=O) groups excluding carboxylic acids is 2. The minimum Gasteiger partial charge on any atom is -0.481 e. The molecule has 0 spiro atoms. The molecule has 0 unspecified atom stereocenters. The average molecular weight is 468 g/mol. The second kappa shape index (κ2) is 12.3. The van der Waals surface area contributed by atoms with E-state index in [4.69, 9.17) is 10.2 Å². The van der Waals surface area contributed by atoms with E-state index in [1.54, 1.807) is 0 Å². The maximum absolute atomic E-state index is 13.6. The van der Waals surface area contributed by atoms with Gasteiger partial charge < -0.3 is 19.7 Å². The molecule has 0 atom stereocenters. The predicted octanol–water partition coefficient (Wildman–Crippen LogP) is 3.62. The summed E-state index contributed by atoms with van der Waals surface area (Å²) in [4.78, 5) is 43.0. The summed E-state index contributed by atoms with van der Waals surface area (Å²) in [6.45, 7) is -1.33. The average Bonchev–Trinajstić information content (AvgIpc) is 2.61. The van der Waals surface area contributed by atoms with Crippen LogP contribution in [0.5, 0.6) is 0 Å². The van der Waals surface area contributed by atoms with Crippen LogP contribution in [0.4, 0.5) is 26.3 Å². The smallest absolute Gasteiger partial charge is 0.472 e. The Bertz CT molecular complexity index is 638. The fraction of sp³-hybridized carbons (Fsp3) is 0.765. The van der Waals surface area contributed by atoms with Gasteiger partial charge >= 0.3 is 41.8 Å². The van der Waals surface area contributed by atoms with Gasteiger partial charge in [0.05, 0.1) is 13.0 Å². The zero-order valence-corrected chi connectivity index (χ0v) is 16.2. The Morgan fingerprint density at radius 3 is 1.55 bits per heavy atom. The number of rotatable bonds is 16. The molecule has 0 radical (unpaired) electrons. The third-order valence-electron chi connectivity index (χ3n) is 3.79. The Morgan fingerprint density at radius 1 is 0.677 bits per heavy atom.